The molecule has 11 heteroatoms. The molecule has 0 spiro atoms. The summed E-state index contributed by atoms with van der Waals surface area (Å²) in [5.41, 5.74) is 0. The van der Waals surface area contributed by atoms with E-state index >= 15 is 0 Å². The number of piperazine rings is 1. The maximum Gasteiger partial charge on any atom is 0.243 e. The second kappa shape index (κ2) is 9.70. The van der Waals surface area contributed by atoms with Crippen LogP contribution in [0, 0.1) is 0 Å². The minimum atomic E-state index is -3.80. The minimum Gasteiger partial charge on any atom is -0.339 e. The number of rotatable bonds is 7. The highest BCUT2D eigenvalue weighted by Crippen LogP contribution is 2.21. The summed E-state index contributed by atoms with van der Waals surface area (Å²) in [6.07, 6.45) is 1.90. The summed E-state index contributed by atoms with van der Waals surface area (Å²) in [6.45, 7) is 0.436. The molecule has 8 nitrogen and oxygen atoms in total. The number of nitrogens with zero attached hydrogens (tertiary/aromatic N) is 3. The number of hydrogen-bond acceptors (Lipinski definition) is 6. The molecule has 1 amide bonds. The lowest BCUT2D eigenvalue weighted by molar-refractivity contribution is -0.132. The minimum absolute atomic E-state index is 0.124. The van der Waals surface area contributed by atoms with Gasteiger partial charge in [0.25, 0.3) is 0 Å². The highest BCUT2D eigenvalue weighted by atomic mass is 32.2. The van der Waals surface area contributed by atoms with Crippen molar-refractivity contribution in [3.05, 3.63) is 54.6 Å². The van der Waals surface area contributed by atoms with Crippen LogP contribution in [0.25, 0.3) is 0 Å². The molecule has 168 valence electrons. The Morgan fingerprint density at radius 1 is 0.903 bits per heavy atom. The van der Waals surface area contributed by atoms with Crippen LogP contribution in [-0.2, 0) is 24.8 Å². The van der Waals surface area contributed by atoms with Crippen molar-refractivity contribution in [2.75, 3.05) is 46.0 Å². The van der Waals surface area contributed by atoms with Gasteiger partial charge in [-0.2, -0.15) is 8.61 Å². The average Bonchev–Trinajstić information content (AvgIpc) is 2.79. The van der Waals surface area contributed by atoms with E-state index in [1.165, 1.54) is 40.1 Å². The number of benzene rings is 2. The Balaban J connectivity index is 1.60. The SMILES string of the molecule is CSc1ccc(S(=O)(=O)N(C)CC(=O)N2CCN(S(=O)(=O)c3ccccc3)CC2)cc1. The molecule has 0 aliphatic carbocycles. The standard InChI is InChI=1S/C20H25N3O5S3/c1-21(30(25,26)19-10-8-17(29-2)9-11-19)16-20(24)22-12-14-23(15-13-22)31(27,28)18-6-4-3-5-7-18/h3-11H,12-16H2,1-2H3. The molecule has 2 aromatic carbocycles. The second-order valence-corrected chi connectivity index (χ2v) is 11.9. The van der Waals surface area contributed by atoms with Crippen molar-refractivity contribution in [3.8, 4) is 0 Å². The van der Waals surface area contributed by atoms with Crippen LogP contribution < -0.4 is 0 Å². The van der Waals surface area contributed by atoms with E-state index in [0.717, 1.165) is 9.20 Å². The zero-order valence-corrected chi connectivity index (χ0v) is 19.8. The Kier molecular flexibility index (Phi) is 7.43. The van der Waals surface area contributed by atoms with E-state index in [-0.39, 0.29) is 48.4 Å². The van der Waals surface area contributed by atoms with Crippen LogP contribution in [0.1, 0.15) is 0 Å². The number of likely N-dealkylation sites (N-methyl/N-ethyl adjacent to an activating group) is 1. The Morgan fingerprint density at radius 3 is 2.03 bits per heavy atom. The third-order valence-electron chi connectivity index (χ3n) is 5.10. The number of carbonyl (C=O) groups is 1. The molecule has 0 saturated carbocycles. The summed E-state index contributed by atoms with van der Waals surface area (Å²) in [7, 11) is -6.04. The van der Waals surface area contributed by atoms with Crippen LogP contribution in [0.4, 0.5) is 0 Å². The second-order valence-electron chi connectivity index (χ2n) is 7.03. The summed E-state index contributed by atoms with van der Waals surface area (Å²) in [5.74, 6) is -0.358. The summed E-state index contributed by atoms with van der Waals surface area (Å²) in [6, 6.07) is 14.6. The van der Waals surface area contributed by atoms with Gasteiger partial charge in [-0.15, -0.1) is 11.8 Å². The molecule has 1 fully saturated rings. The zero-order valence-electron chi connectivity index (χ0n) is 17.3. The maximum atomic E-state index is 12.8. The molecule has 0 atom stereocenters. The maximum absolute atomic E-state index is 12.8. The van der Waals surface area contributed by atoms with E-state index in [2.05, 4.69) is 0 Å². The molecule has 2 aromatic rings. The van der Waals surface area contributed by atoms with Gasteiger partial charge in [-0.05, 0) is 42.7 Å². The van der Waals surface area contributed by atoms with Gasteiger partial charge in [0.1, 0.15) is 0 Å². The molecular formula is C20H25N3O5S3. The quantitative estimate of drug-likeness (QED) is 0.555. The van der Waals surface area contributed by atoms with Gasteiger partial charge in [-0.3, -0.25) is 4.79 Å². The molecule has 1 heterocycles. The van der Waals surface area contributed by atoms with E-state index in [1.807, 2.05) is 6.26 Å². The lowest BCUT2D eigenvalue weighted by Gasteiger charge is -2.34. The molecule has 0 N–H and O–H groups in total. The summed E-state index contributed by atoms with van der Waals surface area (Å²) in [4.78, 5) is 15.4. The van der Waals surface area contributed by atoms with Crippen LogP contribution in [0.15, 0.2) is 69.3 Å². The van der Waals surface area contributed by atoms with Gasteiger partial charge in [0.15, 0.2) is 0 Å². The summed E-state index contributed by atoms with van der Waals surface area (Å²) >= 11 is 1.51. The molecule has 0 unspecified atom stereocenters. The Hall–Kier alpha value is -1.92. The first-order valence-electron chi connectivity index (χ1n) is 9.59. The van der Waals surface area contributed by atoms with Crippen molar-refractivity contribution in [2.45, 2.75) is 14.7 Å². The first-order chi connectivity index (χ1) is 14.7. The van der Waals surface area contributed by atoms with Gasteiger partial charge in [0.2, 0.25) is 26.0 Å². The first kappa shape index (κ1) is 23.7. The van der Waals surface area contributed by atoms with Crippen LogP contribution in [-0.4, -0.2) is 82.3 Å². The molecule has 1 saturated heterocycles. The van der Waals surface area contributed by atoms with Gasteiger partial charge in [-0.25, -0.2) is 16.8 Å². The molecule has 31 heavy (non-hydrogen) atoms. The molecule has 0 bridgehead atoms. The molecule has 1 aliphatic rings. The highest BCUT2D eigenvalue weighted by molar-refractivity contribution is 7.98. The molecular weight excluding hydrogens is 458 g/mol. The predicted octanol–water partition coefficient (Wildman–Crippen LogP) is 1.56. The molecule has 0 aromatic heterocycles. The number of hydrogen-bond donors (Lipinski definition) is 0. The van der Waals surface area contributed by atoms with Crippen LogP contribution in [0.2, 0.25) is 0 Å². The van der Waals surface area contributed by atoms with Crippen molar-refractivity contribution in [1.29, 1.82) is 0 Å². The van der Waals surface area contributed by atoms with Gasteiger partial charge in [0, 0.05) is 38.1 Å². The van der Waals surface area contributed by atoms with Crippen LogP contribution >= 0.6 is 11.8 Å². The highest BCUT2D eigenvalue weighted by Gasteiger charge is 2.31. The van der Waals surface area contributed by atoms with Crippen LogP contribution in [0.3, 0.4) is 0 Å². The van der Waals surface area contributed by atoms with Crippen molar-refractivity contribution in [1.82, 2.24) is 13.5 Å². The average molecular weight is 484 g/mol. The number of carbonyl (C=O) groups excluding carboxylic acids is 1. The number of sulfonamides is 2. The van der Waals surface area contributed by atoms with Crippen molar-refractivity contribution < 1.29 is 21.6 Å². The van der Waals surface area contributed by atoms with E-state index in [0.29, 0.717) is 0 Å². The normalized spacial score (nSPS) is 15.9. The molecule has 3 rings (SSSR count). The van der Waals surface area contributed by atoms with Gasteiger partial charge in [0.05, 0.1) is 16.3 Å². The van der Waals surface area contributed by atoms with Crippen molar-refractivity contribution in [3.63, 3.8) is 0 Å². The lowest BCUT2D eigenvalue weighted by Crippen LogP contribution is -2.52. The predicted molar refractivity (Wildman–Crippen MR) is 120 cm³/mol. The number of amides is 1. The molecule has 1 aliphatic heterocycles. The van der Waals surface area contributed by atoms with Gasteiger partial charge in [-0.1, -0.05) is 18.2 Å². The fourth-order valence-electron chi connectivity index (χ4n) is 3.22. The van der Waals surface area contributed by atoms with Crippen molar-refractivity contribution >= 4 is 37.7 Å². The third kappa shape index (κ3) is 5.29. The van der Waals surface area contributed by atoms with Gasteiger partial charge < -0.3 is 4.90 Å². The Morgan fingerprint density at radius 2 is 1.48 bits per heavy atom. The van der Waals surface area contributed by atoms with Gasteiger partial charge >= 0.3 is 0 Å². The molecule has 0 radical (unpaired) electrons. The Bertz CT molecular complexity index is 1110. The van der Waals surface area contributed by atoms with Crippen molar-refractivity contribution in [2.24, 2.45) is 0 Å². The summed E-state index contributed by atoms with van der Waals surface area (Å²) in [5, 5.41) is 0. The van der Waals surface area contributed by atoms with E-state index < -0.39 is 20.0 Å². The third-order valence-corrected chi connectivity index (χ3v) is 9.57. The fraction of sp³-hybridized carbons (Fsp3) is 0.350. The fourth-order valence-corrected chi connectivity index (χ4v) is 6.19. The van der Waals surface area contributed by atoms with Crippen LogP contribution in [0.5, 0.6) is 0 Å². The lowest BCUT2D eigenvalue weighted by atomic mass is 10.3. The van der Waals surface area contributed by atoms with E-state index in [1.54, 1.807) is 42.5 Å². The largest absolute Gasteiger partial charge is 0.339 e. The topological polar surface area (TPSA) is 95.1 Å². The smallest absolute Gasteiger partial charge is 0.243 e. The first-order valence-corrected chi connectivity index (χ1v) is 13.7. The summed E-state index contributed by atoms with van der Waals surface area (Å²) < 4.78 is 53.3. The number of thioether (sulfide) groups is 1. The Labute approximate surface area is 187 Å². The monoisotopic (exact) mass is 483 g/mol. The zero-order chi connectivity index (χ0) is 22.6. The van der Waals surface area contributed by atoms with E-state index in [9.17, 15) is 21.6 Å². The van der Waals surface area contributed by atoms with E-state index in [4.69, 9.17) is 0 Å².